The predicted octanol–water partition coefficient (Wildman–Crippen LogP) is 1.70. The Morgan fingerprint density at radius 3 is 2.45 bits per heavy atom. The summed E-state index contributed by atoms with van der Waals surface area (Å²) in [4.78, 5) is 23.3. The standard InChI is InChI=1S/C21H28N6O3S/c1-13(2)25-16-8-15(20(28)26-21(3)11-31(29,30)12-21)10-24-19(16)18(22)14-6-7-23-17(9-14)27(4)5/h6-10,13,22,25H,11-12H2,1-5H3,(H,26,28). The molecular weight excluding hydrogens is 416 g/mol. The zero-order valence-electron chi connectivity index (χ0n) is 18.4. The number of rotatable bonds is 7. The molecule has 166 valence electrons. The highest BCUT2D eigenvalue weighted by Gasteiger charge is 2.45. The van der Waals surface area contributed by atoms with Crippen molar-refractivity contribution < 1.29 is 13.2 Å². The van der Waals surface area contributed by atoms with Gasteiger partial charge in [0.2, 0.25) is 0 Å². The summed E-state index contributed by atoms with van der Waals surface area (Å²) >= 11 is 0. The van der Waals surface area contributed by atoms with Crippen molar-refractivity contribution in [2.45, 2.75) is 32.4 Å². The van der Waals surface area contributed by atoms with Gasteiger partial charge in [-0.05, 0) is 39.0 Å². The van der Waals surface area contributed by atoms with Gasteiger partial charge < -0.3 is 15.5 Å². The van der Waals surface area contributed by atoms with Crippen LogP contribution < -0.4 is 15.5 Å². The Morgan fingerprint density at radius 2 is 1.87 bits per heavy atom. The highest BCUT2D eigenvalue weighted by molar-refractivity contribution is 7.93. The van der Waals surface area contributed by atoms with Crippen LogP contribution in [0.5, 0.6) is 0 Å². The van der Waals surface area contributed by atoms with Crippen molar-refractivity contribution >= 4 is 33.0 Å². The molecule has 1 aliphatic heterocycles. The van der Waals surface area contributed by atoms with Gasteiger partial charge >= 0.3 is 0 Å². The normalized spacial score (nSPS) is 16.3. The Labute approximate surface area is 182 Å². The van der Waals surface area contributed by atoms with Crippen molar-refractivity contribution in [1.29, 1.82) is 5.41 Å². The van der Waals surface area contributed by atoms with Gasteiger partial charge in [0.15, 0.2) is 9.84 Å². The number of anilines is 2. The van der Waals surface area contributed by atoms with Crippen molar-refractivity contribution in [3.8, 4) is 0 Å². The van der Waals surface area contributed by atoms with Crippen molar-refractivity contribution in [2.24, 2.45) is 0 Å². The number of aromatic nitrogens is 2. The average Bonchev–Trinajstić information content (AvgIpc) is 2.65. The molecule has 0 saturated carbocycles. The Hall–Kier alpha value is -3.01. The van der Waals surface area contributed by atoms with E-state index < -0.39 is 21.3 Å². The molecule has 3 N–H and O–H groups in total. The molecule has 1 fully saturated rings. The fourth-order valence-corrected chi connectivity index (χ4v) is 5.51. The zero-order valence-corrected chi connectivity index (χ0v) is 19.2. The van der Waals surface area contributed by atoms with Crippen molar-refractivity contribution in [2.75, 3.05) is 35.8 Å². The Balaban J connectivity index is 1.90. The number of pyridine rings is 2. The highest BCUT2D eigenvalue weighted by atomic mass is 32.2. The maximum atomic E-state index is 12.7. The number of sulfone groups is 1. The second-order valence-corrected chi connectivity index (χ2v) is 10.7. The first-order valence-corrected chi connectivity index (χ1v) is 11.7. The van der Waals surface area contributed by atoms with Crippen LogP contribution in [0.4, 0.5) is 11.5 Å². The Morgan fingerprint density at radius 1 is 1.19 bits per heavy atom. The van der Waals surface area contributed by atoms with E-state index in [-0.39, 0.29) is 23.3 Å². The number of nitrogens with one attached hydrogen (secondary N) is 3. The molecule has 31 heavy (non-hydrogen) atoms. The minimum atomic E-state index is -3.08. The summed E-state index contributed by atoms with van der Waals surface area (Å²) in [5.74, 6) is 0.179. The summed E-state index contributed by atoms with van der Waals surface area (Å²) < 4.78 is 23.0. The Bertz CT molecular complexity index is 1120. The van der Waals surface area contributed by atoms with E-state index in [2.05, 4.69) is 20.6 Å². The minimum Gasteiger partial charge on any atom is -0.381 e. The van der Waals surface area contributed by atoms with Gasteiger partial charge in [0.1, 0.15) is 11.5 Å². The molecule has 3 heterocycles. The highest BCUT2D eigenvalue weighted by Crippen LogP contribution is 2.25. The van der Waals surface area contributed by atoms with Gasteiger partial charge in [-0.25, -0.2) is 13.4 Å². The first kappa shape index (κ1) is 22.7. The van der Waals surface area contributed by atoms with E-state index in [4.69, 9.17) is 5.41 Å². The van der Waals surface area contributed by atoms with Crippen molar-refractivity contribution in [3.05, 3.63) is 47.4 Å². The van der Waals surface area contributed by atoms with Crippen LogP contribution in [-0.4, -0.2) is 67.2 Å². The van der Waals surface area contributed by atoms with E-state index in [1.807, 2.05) is 38.9 Å². The molecule has 0 unspecified atom stereocenters. The first-order chi connectivity index (χ1) is 14.4. The van der Waals surface area contributed by atoms with Crippen LogP contribution in [0.25, 0.3) is 0 Å². The van der Waals surface area contributed by atoms with E-state index in [1.54, 1.807) is 25.3 Å². The molecule has 0 atom stereocenters. The van der Waals surface area contributed by atoms with Gasteiger partial charge in [-0.2, -0.15) is 0 Å². The molecule has 0 radical (unpaired) electrons. The van der Waals surface area contributed by atoms with Gasteiger partial charge in [-0.1, -0.05) is 0 Å². The molecule has 2 aromatic rings. The maximum absolute atomic E-state index is 12.7. The summed E-state index contributed by atoms with van der Waals surface area (Å²) in [6.07, 6.45) is 3.05. The molecule has 0 spiro atoms. The fourth-order valence-electron chi connectivity index (χ4n) is 3.51. The van der Waals surface area contributed by atoms with Gasteiger partial charge in [0.25, 0.3) is 5.91 Å². The van der Waals surface area contributed by atoms with Gasteiger partial charge in [-0.15, -0.1) is 0 Å². The minimum absolute atomic E-state index is 0.0516. The second kappa shape index (κ2) is 8.26. The lowest BCUT2D eigenvalue weighted by Crippen LogP contribution is -2.63. The average molecular weight is 445 g/mol. The largest absolute Gasteiger partial charge is 0.381 e. The van der Waals surface area contributed by atoms with Gasteiger partial charge in [-0.3, -0.25) is 15.2 Å². The van der Waals surface area contributed by atoms with E-state index in [0.29, 0.717) is 22.5 Å². The molecule has 1 saturated heterocycles. The third-order valence-corrected chi connectivity index (χ3v) is 6.97. The summed E-state index contributed by atoms with van der Waals surface area (Å²) in [6.45, 7) is 5.62. The number of amides is 1. The van der Waals surface area contributed by atoms with Crippen molar-refractivity contribution in [1.82, 2.24) is 15.3 Å². The molecule has 0 aliphatic carbocycles. The van der Waals surface area contributed by atoms with E-state index in [9.17, 15) is 13.2 Å². The molecule has 0 bridgehead atoms. The second-order valence-electron chi connectivity index (χ2n) is 8.64. The van der Waals surface area contributed by atoms with Gasteiger partial charge in [0, 0.05) is 38.1 Å². The summed E-state index contributed by atoms with van der Waals surface area (Å²) in [5, 5.41) is 14.7. The van der Waals surface area contributed by atoms with E-state index in [0.717, 1.165) is 5.82 Å². The number of hydrogen-bond donors (Lipinski definition) is 3. The van der Waals surface area contributed by atoms with Crippen LogP contribution in [-0.2, 0) is 9.84 Å². The smallest absolute Gasteiger partial charge is 0.253 e. The van der Waals surface area contributed by atoms with Crippen LogP contribution >= 0.6 is 0 Å². The topological polar surface area (TPSA) is 128 Å². The Kier molecular flexibility index (Phi) is 6.04. The SMILES string of the molecule is CC(C)Nc1cc(C(=O)NC2(C)CS(=O)(=O)C2)cnc1C(=N)c1ccnc(N(C)C)c1. The summed E-state index contributed by atoms with van der Waals surface area (Å²) in [7, 11) is 0.673. The zero-order chi connectivity index (χ0) is 23.0. The lowest BCUT2D eigenvalue weighted by molar-refractivity contribution is 0.0916. The molecular formula is C21H28N6O3S. The first-order valence-electron chi connectivity index (χ1n) is 9.91. The lowest BCUT2D eigenvalue weighted by atomic mass is 10.0. The van der Waals surface area contributed by atoms with Crippen LogP contribution in [0.1, 0.15) is 42.4 Å². The molecule has 3 rings (SSSR count). The van der Waals surface area contributed by atoms with E-state index >= 15 is 0 Å². The van der Waals surface area contributed by atoms with E-state index in [1.165, 1.54) is 6.20 Å². The number of nitrogens with zero attached hydrogens (tertiary/aromatic N) is 3. The van der Waals surface area contributed by atoms with Gasteiger partial charge in [0.05, 0.1) is 34.0 Å². The lowest BCUT2D eigenvalue weighted by Gasteiger charge is -2.38. The summed E-state index contributed by atoms with van der Waals surface area (Å²) in [6, 6.07) is 5.25. The molecule has 1 aliphatic rings. The molecule has 9 nitrogen and oxygen atoms in total. The maximum Gasteiger partial charge on any atom is 0.253 e. The quantitative estimate of drug-likeness (QED) is 0.555. The van der Waals surface area contributed by atoms with Crippen molar-refractivity contribution in [3.63, 3.8) is 0 Å². The van der Waals surface area contributed by atoms with Crippen LogP contribution in [0.2, 0.25) is 0 Å². The van der Waals surface area contributed by atoms with Crippen LogP contribution in [0, 0.1) is 5.41 Å². The number of carbonyl (C=O) groups is 1. The number of carbonyl (C=O) groups excluding carboxylic acids is 1. The molecule has 1 amide bonds. The fraction of sp³-hybridized carbons (Fsp3) is 0.429. The predicted molar refractivity (Wildman–Crippen MR) is 122 cm³/mol. The van der Waals surface area contributed by atoms with Crippen LogP contribution in [0.15, 0.2) is 30.6 Å². The molecule has 0 aromatic carbocycles. The third-order valence-electron chi connectivity index (χ3n) is 4.82. The molecule has 10 heteroatoms. The summed E-state index contributed by atoms with van der Waals surface area (Å²) in [5.41, 5.74) is 1.36. The van der Waals surface area contributed by atoms with Crippen LogP contribution in [0.3, 0.4) is 0 Å². The third kappa shape index (κ3) is 5.19. The number of hydrogen-bond acceptors (Lipinski definition) is 8. The molecule has 2 aromatic heterocycles. The monoisotopic (exact) mass is 444 g/mol.